The number of hydrogen-bond donors (Lipinski definition) is 5. The average Bonchev–Trinajstić information content (AvgIpc) is 2.25. The van der Waals surface area contributed by atoms with E-state index in [1.54, 1.807) is 0 Å². The van der Waals surface area contributed by atoms with Gasteiger partial charge in [0, 0.05) is 12.1 Å². The second-order valence-electron chi connectivity index (χ2n) is 5.53. The van der Waals surface area contributed by atoms with Gasteiger partial charge in [-0.15, -0.1) is 0 Å². The molecule has 0 fully saturated rings. The van der Waals surface area contributed by atoms with Gasteiger partial charge in [0.15, 0.2) is 11.9 Å². The predicted octanol–water partition coefficient (Wildman–Crippen LogP) is 1.93. The number of guanidine groups is 2. The van der Waals surface area contributed by atoms with E-state index in [2.05, 4.69) is 16.0 Å². The van der Waals surface area contributed by atoms with Crippen LogP contribution in [0.3, 0.4) is 0 Å². The van der Waals surface area contributed by atoms with Crippen molar-refractivity contribution < 1.29 is 0 Å². The Morgan fingerprint density at radius 2 is 1.74 bits per heavy atom. The minimum Gasteiger partial charge on any atom is -0.352 e. The van der Waals surface area contributed by atoms with Crippen LogP contribution < -0.4 is 16.0 Å². The maximum atomic E-state index is 7.74. The summed E-state index contributed by atoms with van der Waals surface area (Å²) in [4.78, 5) is 0. The highest BCUT2D eigenvalue weighted by atomic mass is 15.2. The third-order valence-electron chi connectivity index (χ3n) is 2.47. The van der Waals surface area contributed by atoms with E-state index in [9.17, 15) is 0 Å². The van der Waals surface area contributed by atoms with E-state index < -0.39 is 0 Å². The zero-order chi connectivity index (χ0) is 14.5. The predicted molar refractivity (Wildman–Crippen MR) is 79.5 cm³/mol. The van der Waals surface area contributed by atoms with E-state index in [0.717, 1.165) is 5.56 Å². The number of hydrogen-bond acceptors (Lipinski definition) is 2. The van der Waals surface area contributed by atoms with E-state index in [0.29, 0.717) is 6.54 Å². The van der Waals surface area contributed by atoms with Crippen molar-refractivity contribution in [3.63, 3.8) is 0 Å². The normalized spacial score (nSPS) is 10.7. The second kappa shape index (κ2) is 6.22. The zero-order valence-electron chi connectivity index (χ0n) is 12.0. The van der Waals surface area contributed by atoms with Crippen molar-refractivity contribution in [3.8, 4) is 0 Å². The van der Waals surface area contributed by atoms with Gasteiger partial charge in [0.1, 0.15) is 0 Å². The summed E-state index contributed by atoms with van der Waals surface area (Å²) in [6.45, 7) is 8.51. The Kier molecular flexibility index (Phi) is 4.92. The Bertz CT molecular complexity index is 459. The Morgan fingerprint density at radius 1 is 1.11 bits per heavy atom. The van der Waals surface area contributed by atoms with Crippen LogP contribution in [0, 0.1) is 17.7 Å². The van der Waals surface area contributed by atoms with Crippen molar-refractivity contribution in [2.24, 2.45) is 0 Å². The molecule has 0 saturated heterocycles. The molecule has 5 N–H and O–H groups in total. The van der Waals surface area contributed by atoms with Gasteiger partial charge in [0.05, 0.1) is 0 Å². The summed E-state index contributed by atoms with van der Waals surface area (Å²) in [6, 6.07) is 8.03. The van der Waals surface area contributed by atoms with Gasteiger partial charge in [-0.3, -0.25) is 16.1 Å². The van der Waals surface area contributed by atoms with Gasteiger partial charge in [0.25, 0.3) is 0 Å². The minimum atomic E-state index is -0.194. The lowest BCUT2D eigenvalue weighted by Gasteiger charge is -2.23. The van der Waals surface area contributed by atoms with Gasteiger partial charge in [-0.2, -0.15) is 0 Å². The third-order valence-corrected chi connectivity index (χ3v) is 2.47. The maximum Gasteiger partial charge on any atom is 0.195 e. The van der Waals surface area contributed by atoms with Crippen molar-refractivity contribution in [1.29, 1.82) is 10.8 Å². The highest BCUT2D eigenvalue weighted by Crippen LogP contribution is 2.05. The molecule has 104 valence electrons. The summed E-state index contributed by atoms with van der Waals surface area (Å²) in [5.74, 6) is 0.236. The molecule has 5 heteroatoms. The van der Waals surface area contributed by atoms with Crippen LogP contribution in [0.2, 0.25) is 0 Å². The highest BCUT2D eigenvalue weighted by Gasteiger charge is 2.11. The first kappa shape index (κ1) is 15.0. The highest BCUT2D eigenvalue weighted by molar-refractivity contribution is 5.95. The minimum absolute atomic E-state index is 0.116. The van der Waals surface area contributed by atoms with Crippen LogP contribution in [0.15, 0.2) is 24.3 Å². The van der Waals surface area contributed by atoms with Crippen molar-refractivity contribution >= 4 is 11.9 Å². The smallest absolute Gasteiger partial charge is 0.195 e. The first-order valence-corrected chi connectivity index (χ1v) is 6.28. The average molecular weight is 261 g/mol. The molecule has 0 amide bonds. The number of aryl methyl sites for hydroxylation is 1. The molecule has 0 aromatic heterocycles. The number of nitrogens with one attached hydrogen (secondary N) is 5. The molecule has 0 bridgehead atoms. The zero-order valence-corrected chi connectivity index (χ0v) is 12.0. The summed E-state index contributed by atoms with van der Waals surface area (Å²) < 4.78 is 0. The molecule has 0 atom stereocenters. The first-order chi connectivity index (χ1) is 8.78. The van der Waals surface area contributed by atoms with Gasteiger partial charge in [-0.05, 0) is 38.8 Å². The van der Waals surface area contributed by atoms with Crippen LogP contribution in [-0.4, -0.2) is 17.5 Å². The number of rotatable bonds is 2. The molecule has 0 aliphatic rings. The standard InChI is InChI=1S/C14H23N5/c1-10-7-5-6-8-11(10)9-17-12(15)18-13(16)19-14(2,3)4/h5-8H,9H2,1-4H3,(H5,15,16,17,18,19). The lowest BCUT2D eigenvalue weighted by molar-refractivity contribution is 0.505. The molecule has 1 rings (SSSR count). The third kappa shape index (κ3) is 5.90. The molecule has 5 nitrogen and oxygen atoms in total. The summed E-state index contributed by atoms with van der Waals surface area (Å²) in [6.07, 6.45) is 0. The van der Waals surface area contributed by atoms with E-state index in [-0.39, 0.29) is 17.5 Å². The Hall–Kier alpha value is -2.04. The Labute approximate surface area is 114 Å². The van der Waals surface area contributed by atoms with Crippen LogP contribution in [0.25, 0.3) is 0 Å². The molecule has 0 aliphatic heterocycles. The fraction of sp³-hybridized carbons (Fsp3) is 0.429. The summed E-state index contributed by atoms with van der Waals surface area (Å²) >= 11 is 0. The molecule has 0 unspecified atom stereocenters. The molecule has 0 saturated carbocycles. The van der Waals surface area contributed by atoms with E-state index >= 15 is 0 Å². The largest absolute Gasteiger partial charge is 0.352 e. The van der Waals surface area contributed by atoms with Crippen LogP contribution >= 0.6 is 0 Å². The molecule has 0 spiro atoms. The van der Waals surface area contributed by atoms with E-state index in [1.807, 2.05) is 52.0 Å². The fourth-order valence-electron chi connectivity index (χ4n) is 1.57. The Morgan fingerprint density at radius 3 is 2.32 bits per heavy atom. The molecule has 19 heavy (non-hydrogen) atoms. The van der Waals surface area contributed by atoms with Gasteiger partial charge < -0.3 is 10.6 Å². The topological polar surface area (TPSA) is 83.8 Å². The fourth-order valence-corrected chi connectivity index (χ4v) is 1.57. The van der Waals surface area contributed by atoms with Gasteiger partial charge in [-0.1, -0.05) is 24.3 Å². The van der Waals surface area contributed by atoms with Crippen molar-refractivity contribution in [2.45, 2.75) is 39.8 Å². The quantitative estimate of drug-likeness (QED) is 0.417. The second-order valence-corrected chi connectivity index (χ2v) is 5.53. The SMILES string of the molecule is Cc1ccccc1CNC(=N)NC(=N)NC(C)(C)C. The molecule has 0 radical (unpaired) electrons. The molecular weight excluding hydrogens is 238 g/mol. The number of benzene rings is 1. The van der Waals surface area contributed by atoms with Gasteiger partial charge in [0.2, 0.25) is 0 Å². The summed E-state index contributed by atoms with van der Waals surface area (Å²) in [5, 5.41) is 24.0. The Balaban J connectivity index is 2.40. The van der Waals surface area contributed by atoms with Crippen LogP contribution in [0.4, 0.5) is 0 Å². The maximum absolute atomic E-state index is 7.74. The van der Waals surface area contributed by atoms with Gasteiger partial charge in [-0.25, -0.2) is 0 Å². The lowest BCUT2D eigenvalue weighted by Crippen LogP contribution is -2.51. The van der Waals surface area contributed by atoms with Crippen LogP contribution in [0.5, 0.6) is 0 Å². The van der Waals surface area contributed by atoms with Crippen molar-refractivity contribution in [1.82, 2.24) is 16.0 Å². The van der Waals surface area contributed by atoms with E-state index in [1.165, 1.54) is 5.56 Å². The lowest BCUT2D eigenvalue weighted by atomic mass is 10.1. The molecule has 0 heterocycles. The van der Waals surface area contributed by atoms with Crippen LogP contribution in [0.1, 0.15) is 31.9 Å². The van der Waals surface area contributed by atoms with Crippen LogP contribution in [-0.2, 0) is 6.54 Å². The van der Waals surface area contributed by atoms with Crippen molar-refractivity contribution in [3.05, 3.63) is 35.4 Å². The van der Waals surface area contributed by atoms with Gasteiger partial charge >= 0.3 is 0 Å². The summed E-state index contributed by atoms with van der Waals surface area (Å²) in [7, 11) is 0. The summed E-state index contributed by atoms with van der Waals surface area (Å²) in [5.41, 5.74) is 2.13. The molecule has 0 aliphatic carbocycles. The molecular formula is C14H23N5. The molecule has 1 aromatic rings. The van der Waals surface area contributed by atoms with Crippen molar-refractivity contribution in [2.75, 3.05) is 0 Å². The van der Waals surface area contributed by atoms with E-state index in [4.69, 9.17) is 10.8 Å². The first-order valence-electron chi connectivity index (χ1n) is 6.28. The monoisotopic (exact) mass is 261 g/mol. The molecule has 1 aromatic carbocycles.